The van der Waals surface area contributed by atoms with Crippen molar-refractivity contribution in [2.75, 3.05) is 6.54 Å². The van der Waals surface area contributed by atoms with Crippen molar-refractivity contribution in [1.82, 2.24) is 15.5 Å². The number of carbonyl (C=O) groups excluding carboxylic acids is 3. The van der Waals surface area contributed by atoms with Crippen LogP contribution in [-0.4, -0.2) is 40.7 Å². The number of rotatable bonds is 5. The molecule has 1 aromatic carbocycles. The van der Waals surface area contributed by atoms with Crippen molar-refractivity contribution in [3.63, 3.8) is 0 Å². The van der Waals surface area contributed by atoms with Gasteiger partial charge in [0.05, 0.1) is 0 Å². The lowest BCUT2D eigenvalue weighted by atomic mass is 9.40. The van der Waals surface area contributed by atoms with E-state index in [1.165, 1.54) is 0 Å². The quantitative estimate of drug-likeness (QED) is 0.654. The van der Waals surface area contributed by atoms with Crippen LogP contribution in [0, 0.1) is 5.41 Å². The minimum atomic E-state index is -0.558. The summed E-state index contributed by atoms with van der Waals surface area (Å²) >= 11 is 0. The predicted molar refractivity (Wildman–Crippen MR) is 97.4 cm³/mol. The smallest absolute Gasteiger partial charge is 0.255 e. The molecule has 1 saturated heterocycles. The van der Waals surface area contributed by atoms with Crippen LogP contribution in [0.25, 0.3) is 0 Å². The van der Waals surface area contributed by atoms with Gasteiger partial charge in [0.15, 0.2) is 0 Å². The fourth-order valence-corrected chi connectivity index (χ4v) is 5.48. The molecule has 7 heteroatoms. The zero-order chi connectivity index (χ0) is 18.8. The molecule has 2 bridgehead atoms. The first-order valence-corrected chi connectivity index (χ1v) is 9.63. The highest BCUT2D eigenvalue weighted by Crippen LogP contribution is 2.65. The molecule has 4 N–H and O–H groups in total. The van der Waals surface area contributed by atoms with Gasteiger partial charge in [-0.1, -0.05) is 12.1 Å². The Bertz CT molecular complexity index is 845. The summed E-state index contributed by atoms with van der Waals surface area (Å²) in [6.07, 6.45) is 4.06. The van der Waals surface area contributed by atoms with Gasteiger partial charge in [-0.2, -0.15) is 0 Å². The molecule has 6 rings (SSSR count). The van der Waals surface area contributed by atoms with E-state index in [1.54, 1.807) is 4.90 Å². The molecule has 2 heterocycles. The van der Waals surface area contributed by atoms with Gasteiger partial charge in [0, 0.05) is 37.2 Å². The van der Waals surface area contributed by atoms with E-state index in [4.69, 9.17) is 5.73 Å². The van der Waals surface area contributed by atoms with Crippen LogP contribution in [0.5, 0.6) is 0 Å². The van der Waals surface area contributed by atoms with Crippen molar-refractivity contribution in [3.05, 3.63) is 34.9 Å². The summed E-state index contributed by atoms with van der Waals surface area (Å²) in [5.74, 6) is -0.760. The Kier molecular flexibility index (Phi) is 3.52. The zero-order valence-corrected chi connectivity index (χ0v) is 15.2. The Morgan fingerprint density at radius 1 is 1.22 bits per heavy atom. The minimum Gasteiger partial charge on any atom is -0.325 e. The standard InChI is InChI=1S/C20H24N4O3/c21-20-8-19(9-20,10-20)11-22-6-12-1-2-14-13(5-12)7-24(18(14)27)15-3-4-16(25)23-17(15)26/h1-2,5,15,22H,3-4,6-11,21H2,(H,23,25,26). The highest BCUT2D eigenvalue weighted by molar-refractivity contribution is 6.05. The van der Waals surface area contributed by atoms with E-state index in [-0.39, 0.29) is 29.7 Å². The third-order valence-corrected chi connectivity index (χ3v) is 6.60. The van der Waals surface area contributed by atoms with E-state index >= 15 is 0 Å². The first-order chi connectivity index (χ1) is 12.9. The number of hydrogen-bond acceptors (Lipinski definition) is 5. The Morgan fingerprint density at radius 3 is 2.70 bits per heavy atom. The molecule has 5 aliphatic rings. The van der Waals surface area contributed by atoms with Crippen molar-refractivity contribution in [3.8, 4) is 0 Å². The normalized spacial score (nSPS) is 34.0. The Labute approximate surface area is 157 Å². The molecule has 3 saturated carbocycles. The van der Waals surface area contributed by atoms with Crippen LogP contribution in [0.15, 0.2) is 18.2 Å². The van der Waals surface area contributed by atoms with Gasteiger partial charge in [0.1, 0.15) is 6.04 Å². The van der Waals surface area contributed by atoms with E-state index in [2.05, 4.69) is 16.7 Å². The van der Waals surface area contributed by atoms with Crippen LogP contribution in [0.3, 0.4) is 0 Å². The van der Waals surface area contributed by atoms with Gasteiger partial charge in [-0.25, -0.2) is 0 Å². The Morgan fingerprint density at radius 2 is 2.00 bits per heavy atom. The molecule has 0 spiro atoms. The van der Waals surface area contributed by atoms with E-state index in [0.717, 1.165) is 43.5 Å². The zero-order valence-electron chi connectivity index (χ0n) is 15.2. The minimum absolute atomic E-state index is 0.124. The monoisotopic (exact) mass is 368 g/mol. The second-order valence-corrected chi connectivity index (χ2v) is 8.89. The summed E-state index contributed by atoms with van der Waals surface area (Å²) in [6, 6.07) is 5.33. The fourth-order valence-electron chi connectivity index (χ4n) is 5.48. The maximum absolute atomic E-state index is 12.7. The number of nitrogens with two attached hydrogens (primary N) is 1. The third kappa shape index (κ3) is 2.68. The first kappa shape index (κ1) is 16.9. The lowest BCUT2D eigenvalue weighted by Crippen LogP contribution is -2.74. The summed E-state index contributed by atoms with van der Waals surface area (Å²) in [6.45, 7) is 2.18. The van der Waals surface area contributed by atoms with Gasteiger partial charge in [0.25, 0.3) is 5.91 Å². The van der Waals surface area contributed by atoms with Gasteiger partial charge >= 0.3 is 0 Å². The molecule has 0 aromatic heterocycles. The predicted octanol–water partition coefficient (Wildman–Crippen LogP) is 0.419. The summed E-state index contributed by atoms with van der Waals surface area (Å²) < 4.78 is 0. The number of imide groups is 1. The molecule has 3 amide bonds. The van der Waals surface area contributed by atoms with E-state index in [9.17, 15) is 14.4 Å². The number of piperidine rings is 1. The molecular formula is C20H24N4O3. The maximum Gasteiger partial charge on any atom is 0.255 e. The molecule has 7 nitrogen and oxygen atoms in total. The molecular weight excluding hydrogens is 344 g/mol. The van der Waals surface area contributed by atoms with E-state index in [0.29, 0.717) is 23.9 Å². The number of benzene rings is 1. The fraction of sp³-hybridized carbons (Fsp3) is 0.550. The maximum atomic E-state index is 12.7. The average Bonchev–Trinajstić information content (AvgIpc) is 2.88. The Balaban J connectivity index is 1.22. The second kappa shape index (κ2) is 5.62. The lowest BCUT2D eigenvalue weighted by Gasteiger charge is -2.69. The van der Waals surface area contributed by atoms with Crippen molar-refractivity contribution in [2.45, 2.75) is 56.8 Å². The largest absolute Gasteiger partial charge is 0.325 e. The number of hydrogen-bond donors (Lipinski definition) is 3. The van der Waals surface area contributed by atoms with E-state index in [1.807, 2.05) is 12.1 Å². The average molecular weight is 368 g/mol. The Hall–Kier alpha value is -2.25. The number of fused-ring (bicyclic) bond motifs is 1. The van der Waals surface area contributed by atoms with Crippen molar-refractivity contribution < 1.29 is 14.4 Å². The van der Waals surface area contributed by atoms with Crippen molar-refractivity contribution >= 4 is 17.7 Å². The van der Waals surface area contributed by atoms with Gasteiger partial charge in [-0.3, -0.25) is 19.7 Å². The molecule has 0 radical (unpaired) electrons. The molecule has 1 aromatic rings. The summed E-state index contributed by atoms with van der Waals surface area (Å²) in [7, 11) is 0. The third-order valence-electron chi connectivity index (χ3n) is 6.60. The summed E-state index contributed by atoms with van der Waals surface area (Å²) in [5, 5.41) is 5.87. The van der Waals surface area contributed by atoms with Crippen LogP contribution in [0.2, 0.25) is 0 Å². The van der Waals surface area contributed by atoms with Crippen LogP contribution in [-0.2, 0) is 22.7 Å². The van der Waals surface area contributed by atoms with Gasteiger partial charge < -0.3 is 16.0 Å². The molecule has 27 heavy (non-hydrogen) atoms. The molecule has 2 aliphatic heterocycles. The van der Waals surface area contributed by atoms with Crippen LogP contribution < -0.4 is 16.4 Å². The number of amides is 3. The van der Waals surface area contributed by atoms with E-state index < -0.39 is 6.04 Å². The molecule has 1 unspecified atom stereocenters. The molecule has 4 fully saturated rings. The van der Waals surface area contributed by atoms with Gasteiger partial charge in [0.2, 0.25) is 11.8 Å². The van der Waals surface area contributed by atoms with Crippen LogP contribution >= 0.6 is 0 Å². The SMILES string of the molecule is NC12CC(CNCc3ccc4c(c3)CN(C3CCC(=O)NC3=O)C4=O)(C1)C2. The van der Waals surface area contributed by atoms with Gasteiger partial charge in [-0.05, 0) is 48.3 Å². The highest BCUT2D eigenvalue weighted by Gasteiger charge is 2.65. The van der Waals surface area contributed by atoms with Gasteiger partial charge in [-0.15, -0.1) is 0 Å². The van der Waals surface area contributed by atoms with Crippen LogP contribution in [0.1, 0.15) is 53.6 Å². The van der Waals surface area contributed by atoms with Crippen molar-refractivity contribution in [2.24, 2.45) is 11.1 Å². The topological polar surface area (TPSA) is 105 Å². The summed E-state index contributed by atoms with van der Waals surface area (Å²) in [4.78, 5) is 37.7. The second-order valence-electron chi connectivity index (χ2n) is 8.89. The number of carbonyl (C=O) groups is 3. The number of nitrogens with one attached hydrogen (secondary N) is 2. The lowest BCUT2D eigenvalue weighted by molar-refractivity contribution is -0.136. The molecule has 142 valence electrons. The van der Waals surface area contributed by atoms with Crippen molar-refractivity contribution in [1.29, 1.82) is 0 Å². The highest BCUT2D eigenvalue weighted by atomic mass is 16.2. The molecule has 3 aliphatic carbocycles. The molecule has 1 atom stereocenters. The first-order valence-electron chi connectivity index (χ1n) is 9.63. The summed E-state index contributed by atoms with van der Waals surface area (Å²) in [5.41, 5.74) is 9.42. The number of nitrogens with zero attached hydrogens (tertiary/aromatic N) is 1. The van der Waals surface area contributed by atoms with Crippen LogP contribution in [0.4, 0.5) is 0 Å².